The lowest BCUT2D eigenvalue weighted by Crippen LogP contribution is -2.45. The molecule has 1 aromatic heterocycles. The Balaban J connectivity index is 3.24. The van der Waals surface area contributed by atoms with Gasteiger partial charge in [0.05, 0.1) is 6.20 Å². The maximum atomic E-state index is 12.2. The molecule has 0 aliphatic carbocycles. The Labute approximate surface area is 103 Å². The Bertz CT molecular complexity index is 440. The molecule has 0 saturated carbocycles. The molecule has 102 valence electrons. The van der Waals surface area contributed by atoms with Gasteiger partial charge in [-0.15, -0.1) is 5.10 Å². The molecule has 1 aromatic rings. The minimum atomic E-state index is -3.06. The van der Waals surface area contributed by atoms with E-state index in [1.807, 2.05) is 0 Å². The van der Waals surface area contributed by atoms with Crippen LogP contribution in [0.1, 0.15) is 20.8 Å². The van der Waals surface area contributed by atoms with E-state index < -0.39 is 24.1 Å². The molecule has 18 heavy (non-hydrogen) atoms. The van der Waals surface area contributed by atoms with Gasteiger partial charge in [0.2, 0.25) is 0 Å². The summed E-state index contributed by atoms with van der Waals surface area (Å²) in [4.78, 5) is 12.2. The second-order valence-corrected chi connectivity index (χ2v) is 4.66. The molecule has 0 aromatic carbocycles. The predicted octanol–water partition coefficient (Wildman–Crippen LogP) is 2.30. The SMILES string of the molecule is Cn1cc(N(C(=O)O)C(C)(C)C)c(OC(F)F)n1. The van der Waals surface area contributed by atoms with Crippen LogP contribution in [0.25, 0.3) is 0 Å². The van der Waals surface area contributed by atoms with Gasteiger partial charge in [-0.3, -0.25) is 9.58 Å². The summed E-state index contributed by atoms with van der Waals surface area (Å²) in [5, 5.41) is 12.9. The molecular formula is C10H15F2N3O3. The summed E-state index contributed by atoms with van der Waals surface area (Å²) < 4.78 is 29.9. The summed E-state index contributed by atoms with van der Waals surface area (Å²) in [6, 6.07) is 0. The van der Waals surface area contributed by atoms with Crippen molar-refractivity contribution < 1.29 is 23.4 Å². The summed E-state index contributed by atoms with van der Waals surface area (Å²) in [5.41, 5.74) is -0.826. The number of anilines is 1. The predicted molar refractivity (Wildman–Crippen MR) is 60.1 cm³/mol. The first-order chi connectivity index (χ1) is 8.12. The van der Waals surface area contributed by atoms with Crippen LogP contribution in [0, 0.1) is 0 Å². The molecular weight excluding hydrogens is 248 g/mol. The molecule has 0 spiro atoms. The average molecular weight is 263 g/mol. The highest BCUT2D eigenvalue weighted by Crippen LogP contribution is 2.32. The van der Waals surface area contributed by atoms with Crippen LogP contribution in [0.3, 0.4) is 0 Å². The minimum absolute atomic E-state index is 0.0159. The largest absolute Gasteiger partial charge is 0.465 e. The van der Waals surface area contributed by atoms with E-state index >= 15 is 0 Å². The number of aromatic nitrogens is 2. The molecule has 8 heteroatoms. The molecule has 1 heterocycles. The second kappa shape index (κ2) is 4.79. The van der Waals surface area contributed by atoms with E-state index in [2.05, 4.69) is 9.84 Å². The quantitative estimate of drug-likeness (QED) is 0.908. The fourth-order valence-corrected chi connectivity index (χ4v) is 1.53. The van der Waals surface area contributed by atoms with E-state index in [1.165, 1.54) is 17.9 Å². The minimum Gasteiger partial charge on any atom is -0.465 e. The summed E-state index contributed by atoms with van der Waals surface area (Å²) in [7, 11) is 1.49. The van der Waals surface area contributed by atoms with Gasteiger partial charge in [-0.1, -0.05) is 0 Å². The van der Waals surface area contributed by atoms with E-state index in [1.54, 1.807) is 20.8 Å². The molecule has 0 radical (unpaired) electrons. The Morgan fingerprint density at radius 2 is 2.11 bits per heavy atom. The fourth-order valence-electron chi connectivity index (χ4n) is 1.53. The van der Waals surface area contributed by atoms with Gasteiger partial charge in [-0.2, -0.15) is 8.78 Å². The second-order valence-electron chi connectivity index (χ2n) is 4.66. The van der Waals surface area contributed by atoms with Gasteiger partial charge < -0.3 is 9.84 Å². The molecule has 0 unspecified atom stereocenters. The van der Waals surface area contributed by atoms with Crippen molar-refractivity contribution in [3.05, 3.63) is 6.20 Å². The van der Waals surface area contributed by atoms with Gasteiger partial charge in [0.15, 0.2) is 0 Å². The van der Waals surface area contributed by atoms with Crippen LogP contribution in [-0.4, -0.2) is 33.1 Å². The van der Waals surface area contributed by atoms with Crippen LogP contribution in [0.5, 0.6) is 5.88 Å². The number of ether oxygens (including phenoxy) is 1. The molecule has 1 amide bonds. The normalized spacial score (nSPS) is 11.7. The summed E-state index contributed by atoms with van der Waals surface area (Å²) >= 11 is 0. The van der Waals surface area contributed by atoms with Gasteiger partial charge in [0, 0.05) is 12.6 Å². The first-order valence-corrected chi connectivity index (χ1v) is 5.14. The number of hydrogen-bond donors (Lipinski definition) is 1. The third-order valence-electron chi connectivity index (χ3n) is 2.08. The van der Waals surface area contributed by atoms with E-state index in [-0.39, 0.29) is 5.69 Å². The number of halogens is 2. The first kappa shape index (κ1) is 14.2. The molecule has 0 aliphatic heterocycles. The molecule has 0 saturated heterocycles. The zero-order valence-electron chi connectivity index (χ0n) is 10.5. The van der Waals surface area contributed by atoms with Gasteiger partial charge in [0.25, 0.3) is 5.88 Å². The van der Waals surface area contributed by atoms with Gasteiger partial charge in [-0.05, 0) is 20.8 Å². The molecule has 1 rings (SSSR count). The topological polar surface area (TPSA) is 67.6 Å². The lowest BCUT2D eigenvalue weighted by Gasteiger charge is -2.32. The van der Waals surface area contributed by atoms with Crippen molar-refractivity contribution in [2.45, 2.75) is 32.9 Å². The van der Waals surface area contributed by atoms with Crippen LogP contribution in [0.15, 0.2) is 6.20 Å². The maximum absolute atomic E-state index is 12.2. The van der Waals surface area contributed by atoms with Crippen molar-refractivity contribution in [2.24, 2.45) is 7.05 Å². The summed E-state index contributed by atoms with van der Waals surface area (Å²) in [5.74, 6) is -0.412. The van der Waals surface area contributed by atoms with Crippen molar-refractivity contribution in [1.82, 2.24) is 9.78 Å². The Morgan fingerprint density at radius 1 is 1.56 bits per heavy atom. The van der Waals surface area contributed by atoms with Crippen molar-refractivity contribution in [3.8, 4) is 5.88 Å². The summed E-state index contributed by atoms with van der Waals surface area (Å²) in [6.45, 7) is 1.86. The van der Waals surface area contributed by atoms with Crippen molar-refractivity contribution in [3.63, 3.8) is 0 Å². The van der Waals surface area contributed by atoms with Gasteiger partial charge in [-0.25, -0.2) is 4.79 Å². The van der Waals surface area contributed by atoms with E-state index in [0.29, 0.717) is 0 Å². The number of amides is 1. The smallest absolute Gasteiger partial charge is 0.412 e. The molecule has 0 atom stereocenters. The highest BCUT2D eigenvalue weighted by Gasteiger charge is 2.32. The lowest BCUT2D eigenvalue weighted by atomic mass is 10.1. The van der Waals surface area contributed by atoms with Crippen LogP contribution in [0.2, 0.25) is 0 Å². The molecule has 0 aliphatic rings. The van der Waals surface area contributed by atoms with E-state index in [9.17, 15) is 18.7 Å². The van der Waals surface area contributed by atoms with Crippen molar-refractivity contribution >= 4 is 11.8 Å². The van der Waals surface area contributed by atoms with Crippen LogP contribution in [-0.2, 0) is 7.05 Å². The number of carboxylic acid groups (broad SMARTS) is 1. The van der Waals surface area contributed by atoms with Crippen LogP contribution < -0.4 is 9.64 Å². The number of aryl methyl sites for hydroxylation is 1. The Kier molecular flexibility index (Phi) is 3.78. The zero-order chi connectivity index (χ0) is 14.1. The third-order valence-corrected chi connectivity index (χ3v) is 2.08. The monoisotopic (exact) mass is 263 g/mol. The lowest BCUT2D eigenvalue weighted by molar-refractivity contribution is -0.0529. The fraction of sp³-hybridized carbons (Fsp3) is 0.600. The number of alkyl halides is 2. The average Bonchev–Trinajstić information content (AvgIpc) is 2.42. The van der Waals surface area contributed by atoms with Crippen LogP contribution >= 0.6 is 0 Å². The van der Waals surface area contributed by atoms with Crippen molar-refractivity contribution in [2.75, 3.05) is 4.90 Å². The molecule has 0 bridgehead atoms. The highest BCUT2D eigenvalue weighted by atomic mass is 19.3. The molecule has 0 fully saturated rings. The number of carbonyl (C=O) groups is 1. The van der Waals surface area contributed by atoms with E-state index in [4.69, 9.17) is 0 Å². The van der Waals surface area contributed by atoms with Crippen LogP contribution in [0.4, 0.5) is 19.3 Å². The number of hydrogen-bond acceptors (Lipinski definition) is 3. The standard InChI is InChI=1S/C10H15F2N3O3/c1-10(2,3)15(9(16)17)6-5-14(4)13-7(6)18-8(11)12/h5,8H,1-4H3,(H,16,17). The third kappa shape index (κ3) is 3.08. The zero-order valence-corrected chi connectivity index (χ0v) is 10.5. The van der Waals surface area contributed by atoms with Gasteiger partial charge >= 0.3 is 12.7 Å². The number of rotatable bonds is 3. The molecule has 1 N–H and O–H groups in total. The summed E-state index contributed by atoms with van der Waals surface area (Å²) in [6.07, 6.45) is 0.0477. The Hall–Kier alpha value is -1.86. The van der Waals surface area contributed by atoms with Crippen molar-refractivity contribution in [1.29, 1.82) is 0 Å². The maximum Gasteiger partial charge on any atom is 0.412 e. The van der Waals surface area contributed by atoms with Gasteiger partial charge in [0.1, 0.15) is 5.69 Å². The van der Waals surface area contributed by atoms with E-state index in [0.717, 1.165) is 4.90 Å². The molecule has 6 nitrogen and oxygen atoms in total. The Morgan fingerprint density at radius 3 is 2.50 bits per heavy atom. The highest BCUT2D eigenvalue weighted by molar-refractivity contribution is 5.89. The number of nitrogens with zero attached hydrogens (tertiary/aromatic N) is 3. The first-order valence-electron chi connectivity index (χ1n) is 5.14.